The predicted molar refractivity (Wildman–Crippen MR) is 271 cm³/mol. The summed E-state index contributed by atoms with van der Waals surface area (Å²) in [5.41, 5.74) is 19.2. The summed E-state index contributed by atoms with van der Waals surface area (Å²) in [6.07, 6.45) is 8.34. The number of ether oxygens (including phenoxy) is 1. The van der Waals surface area contributed by atoms with E-state index in [2.05, 4.69) is 230 Å². The van der Waals surface area contributed by atoms with E-state index >= 15 is 0 Å². The Morgan fingerprint density at radius 2 is 1.11 bits per heavy atom. The summed E-state index contributed by atoms with van der Waals surface area (Å²) in [4.78, 5) is 2.49. The fraction of sp³-hybridized carbons (Fsp3) is 0.0794. The molecule has 2 aliphatic carbocycles. The Hall–Kier alpha value is -7.94. The Bertz CT molecular complexity index is 3310. The molecule has 12 rings (SSSR count). The molecule has 0 atom stereocenters. The van der Waals surface area contributed by atoms with Crippen LogP contribution < -0.4 is 9.64 Å². The summed E-state index contributed by atoms with van der Waals surface area (Å²) in [5, 5.41) is 2.29. The van der Waals surface area contributed by atoms with Crippen LogP contribution in [0.3, 0.4) is 0 Å². The summed E-state index contributed by atoms with van der Waals surface area (Å²) in [6.45, 7) is 4.37. The van der Waals surface area contributed by atoms with Crippen molar-refractivity contribution in [2.75, 3.05) is 4.90 Å². The van der Waals surface area contributed by atoms with Gasteiger partial charge in [-0.15, -0.1) is 0 Å². The van der Waals surface area contributed by atoms with Crippen molar-refractivity contribution in [1.29, 1.82) is 0 Å². The van der Waals surface area contributed by atoms with E-state index in [4.69, 9.17) is 4.74 Å². The molecule has 0 saturated carbocycles. The number of aryl methyl sites for hydroxylation is 1. The highest BCUT2D eigenvalue weighted by Gasteiger charge is 2.46. The van der Waals surface area contributed by atoms with Gasteiger partial charge in [0, 0.05) is 28.0 Å². The molecule has 0 radical (unpaired) electrons. The van der Waals surface area contributed by atoms with E-state index in [0.717, 1.165) is 70.5 Å². The van der Waals surface area contributed by atoms with Crippen molar-refractivity contribution in [2.24, 2.45) is 0 Å². The number of fused-ring (bicyclic) bond motifs is 7. The number of para-hydroxylation sites is 1. The number of anilines is 2. The lowest BCUT2D eigenvalue weighted by molar-refractivity contribution is 0.477. The molecule has 0 unspecified atom stereocenters. The van der Waals surface area contributed by atoms with Gasteiger partial charge in [-0.2, -0.15) is 0 Å². The van der Waals surface area contributed by atoms with Crippen molar-refractivity contribution < 1.29 is 4.74 Å². The van der Waals surface area contributed by atoms with Crippen LogP contribution in [0.5, 0.6) is 11.5 Å². The minimum Gasteiger partial charge on any atom is -0.456 e. The van der Waals surface area contributed by atoms with Crippen LogP contribution in [0.25, 0.3) is 44.2 Å². The van der Waals surface area contributed by atoms with Crippen LogP contribution in [0.4, 0.5) is 11.4 Å². The largest absolute Gasteiger partial charge is 0.456 e. The van der Waals surface area contributed by atoms with Gasteiger partial charge in [0.25, 0.3) is 0 Å². The molecule has 2 nitrogen and oxygen atoms in total. The topological polar surface area (TPSA) is 12.5 Å². The molecule has 3 aliphatic rings. The first-order valence-electron chi connectivity index (χ1n) is 22.9. The molecule has 1 heterocycles. The van der Waals surface area contributed by atoms with E-state index in [9.17, 15) is 0 Å². The van der Waals surface area contributed by atoms with Gasteiger partial charge in [-0.1, -0.05) is 189 Å². The lowest BCUT2D eigenvalue weighted by Gasteiger charge is -2.36. The van der Waals surface area contributed by atoms with Gasteiger partial charge in [0.1, 0.15) is 11.5 Å². The average Bonchev–Trinajstić information content (AvgIpc) is 3.68. The number of nitrogens with zero attached hydrogens (tertiary/aromatic N) is 1. The minimum atomic E-state index is -0.488. The van der Waals surface area contributed by atoms with E-state index in [1.54, 1.807) is 0 Å². The standard InChI is InChI=1S/C63H47NO/c1-43-27-28-47-29-30-49-41-48(35-40-56(49)62(47)65-61-26-13-10-21-55(43)61)46-33-38-53(39-34-46)64(52-36-31-45(32-37-52)44-15-4-2-5-16-44)54-20-14-19-51(42-54)63(50-17-6-3-7-18-50)59-24-11-8-22-57(59)58-23-9-12-25-60(58)63/h2-26,29-31,33-36,38-42H,1,27-28,32,37H2. The Morgan fingerprint density at radius 1 is 0.446 bits per heavy atom. The number of hydrogen-bond acceptors (Lipinski definition) is 2. The van der Waals surface area contributed by atoms with E-state index < -0.39 is 5.41 Å². The first-order valence-corrected chi connectivity index (χ1v) is 22.9. The highest BCUT2D eigenvalue weighted by molar-refractivity contribution is 5.94. The fourth-order valence-corrected chi connectivity index (χ4v) is 10.8. The molecule has 0 aromatic heterocycles. The zero-order valence-corrected chi connectivity index (χ0v) is 36.3. The highest BCUT2D eigenvalue weighted by Crippen LogP contribution is 2.56. The van der Waals surface area contributed by atoms with Crippen molar-refractivity contribution >= 4 is 33.3 Å². The van der Waals surface area contributed by atoms with Crippen LogP contribution in [-0.4, -0.2) is 0 Å². The smallest absolute Gasteiger partial charge is 0.138 e. The summed E-state index contributed by atoms with van der Waals surface area (Å²) < 4.78 is 6.72. The summed E-state index contributed by atoms with van der Waals surface area (Å²) in [7, 11) is 0. The molecule has 2 heteroatoms. The second kappa shape index (κ2) is 16.0. The Labute approximate surface area is 381 Å². The molecular formula is C63H47NO. The maximum Gasteiger partial charge on any atom is 0.138 e. The molecular weight excluding hydrogens is 787 g/mol. The van der Waals surface area contributed by atoms with Crippen LogP contribution in [-0.2, 0) is 11.8 Å². The lowest BCUT2D eigenvalue weighted by atomic mass is 9.67. The monoisotopic (exact) mass is 833 g/mol. The van der Waals surface area contributed by atoms with Crippen LogP contribution in [0.15, 0.2) is 237 Å². The molecule has 0 fully saturated rings. The molecule has 0 spiro atoms. The van der Waals surface area contributed by atoms with Gasteiger partial charge >= 0.3 is 0 Å². The highest BCUT2D eigenvalue weighted by atomic mass is 16.5. The van der Waals surface area contributed by atoms with Crippen LogP contribution >= 0.6 is 0 Å². The number of hydrogen-bond donors (Lipinski definition) is 0. The third-order valence-corrected chi connectivity index (χ3v) is 13.9. The van der Waals surface area contributed by atoms with Crippen molar-refractivity contribution in [2.45, 2.75) is 31.1 Å². The molecule has 0 amide bonds. The molecule has 9 aromatic rings. The quantitative estimate of drug-likeness (QED) is 0.159. The summed E-state index contributed by atoms with van der Waals surface area (Å²) in [5.74, 6) is 1.82. The van der Waals surface area contributed by atoms with Crippen LogP contribution in [0, 0.1) is 0 Å². The predicted octanol–water partition coefficient (Wildman–Crippen LogP) is 16.5. The molecule has 65 heavy (non-hydrogen) atoms. The van der Waals surface area contributed by atoms with Crippen molar-refractivity contribution in [1.82, 2.24) is 0 Å². The molecule has 1 aliphatic heterocycles. The zero-order chi connectivity index (χ0) is 43.3. The third-order valence-electron chi connectivity index (χ3n) is 13.9. The second-order valence-electron chi connectivity index (χ2n) is 17.5. The third kappa shape index (κ3) is 6.56. The molecule has 0 bridgehead atoms. The van der Waals surface area contributed by atoms with Gasteiger partial charge in [0.2, 0.25) is 0 Å². The molecule has 0 saturated heterocycles. The van der Waals surface area contributed by atoms with Gasteiger partial charge in [0.05, 0.1) is 5.41 Å². The fourth-order valence-electron chi connectivity index (χ4n) is 10.8. The summed E-state index contributed by atoms with van der Waals surface area (Å²) in [6, 6.07) is 77.9. The Kier molecular flexibility index (Phi) is 9.53. The first kappa shape index (κ1) is 38.7. The SMILES string of the molecule is C=C1CCc2ccc3cc(-c4ccc(N(C5=CC=C(c6ccccc6)CC5)c5cccc(C6(c7ccccc7)c7ccccc7-c7ccccc76)c5)cc4)ccc3c2Oc2ccccc21. The normalized spacial score (nSPS) is 14.7. The van der Waals surface area contributed by atoms with Crippen LogP contribution in [0.2, 0.25) is 0 Å². The maximum absolute atomic E-state index is 6.72. The Balaban J connectivity index is 0.963. The molecule has 9 aromatic carbocycles. The number of benzene rings is 9. The number of rotatable bonds is 7. The van der Waals surface area contributed by atoms with E-state index in [-0.39, 0.29) is 0 Å². The van der Waals surface area contributed by atoms with Crippen molar-refractivity contribution in [3.05, 3.63) is 276 Å². The summed E-state index contributed by atoms with van der Waals surface area (Å²) >= 11 is 0. The van der Waals surface area contributed by atoms with E-state index in [0.29, 0.717) is 0 Å². The first-order chi connectivity index (χ1) is 32.1. The molecule has 310 valence electrons. The zero-order valence-electron chi connectivity index (χ0n) is 36.3. The maximum atomic E-state index is 6.72. The number of allylic oxidation sites excluding steroid dienone is 5. The van der Waals surface area contributed by atoms with Gasteiger partial charge in [0.15, 0.2) is 0 Å². The van der Waals surface area contributed by atoms with E-state index in [1.807, 2.05) is 6.07 Å². The van der Waals surface area contributed by atoms with E-state index in [1.165, 1.54) is 66.9 Å². The Morgan fingerprint density at radius 3 is 1.85 bits per heavy atom. The van der Waals surface area contributed by atoms with Gasteiger partial charge < -0.3 is 9.64 Å². The van der Waals surface area contributed by atoms with Crippen molar-refractivity contribution in [3.63, 3.8) is 0 Å². The van der Waals surface area contributed by atoms with Gasteiger partial charge in [-0.3, -0.25) is 0 Å². The molecule has 0 N–H and O–H groups in total. The lowest BCUT2D eigenvalue weighted by Crippen LogP contribution is -2.29. The van der Waals surface area contributed by atoms with Gasteiger partial charge in [-0.25, -0.2) is 0 Å². The van der Waals surface area contributed by atoms with Gasteiger partial charge in [-0.05, 0) is 140 Å². The van der Waals surface area contributed by atoms with Crippen LogP contribution in [0.1, 0.15) is 58.2 Å². The second-order valence-corrected chi connectivity index (χ2v) is 17.5. The van der Waals surface area contributed by atoms with Crippen molar-refractivity contribution in [3.8, 4) is 33.8 Å². The minimum absolute atomic E-state index is 0.488. The average molecular weight is 834 g/mol.